The predicted molar refractivity (Wildman–Crippen MR) is 82.4 cm³/mol. The summed E-state index contributed by atoms with van der Waals surface area (Å²) in [7, 11) is 4.59. The Morgan fingerprint density at radius 2 is 1.81 bits per heavy atom. The van der Waals surface area contributed by atoms with Crippen molar-refractivity contribution in [2.45, 2.75) is 6.42 Å². The molecule has 6 nitrogen and oxygen atoms in total. The van der Waals surface area contributed by atoms with Gasteiger partial charge in [-0.2, -0.15) is 0 Å². The van der Waals surface area contributed by atoms with Crippen LogP contribution in [0, 0.1) is 0 Å². The average molecular weight is 294 g/mol. The van der Waals surface area contributed by atoms with E-state index in [1.54, 1.807) is 18.2 Å². The summed E-state index contributed by atoms with van der Waals surface area (Å²) in [6.45, 7) is 4.86. The monoisotopic (exact) mass is 294 g/mol. The first kappa shape index (κ1) is 16.8. The fourth-order valence-electron chi connectivity index (χ4n) is 1.78. The number of nitrogens with one attached hydrogen (secondary N) is 2. The van der Waals surface area contributed by atoms with Crippen molar-refractivity contribution in [3.8, 4) is 17.2 Å². The van der Waals surface area contributed by atoms with E-state index in [1.807, 2.05) is 0 Å². The van der Waals surface area contributed by atoms with Crippen molar-refractivity contribution in [1.82, 2.24) is 5.32 Å². The molecule has 2 N–H and O–H groups in total. The van der Waals surface area contributed by atoms with E-state index in [4.69, 9.17) is 14.2 Å². The van der Waals surface area contributed by atoms with Crippen molar-refractivity contribution >= 4 is 11.6 Å². The van der Waals surface area contributed by atoms with E-state index < -0.39 is 0 Å². The summed E-state index contributed by atoms with van der Waals surface area (Å²) >= 11 is 0. The van der Waals surface area contributed by atoms with Crippen molar-refractivity contribution < 1.29 is 19.0 Å². The molecular weight excluding hydrogens is 272 g/mol. The van der Waals surface area contributed by atoms with Gasteiger partial charge in [0.1, 0.15) is 0 Å². The fraction of sp³-hybridized carbons (Fsp3) is 0.400. The number of hydrogen-bond acceptors (Lipinski definition) is 5. The Labute approximate surface area is 125 Å². The Morgan fingerprint density at radius 1 is 1.19 bits per heavy atom. The molecule has 0 bridgehead atoms. The van der Waals surface area contributed by atoms with Gasteiger partial charge >= 0.3 is 0 Å². The van der Waals surface area contributed by atoms with Crippen molar-refractivity contribution in [1.29, 1.82) is 0 Å². The molecule has 0 aliphatic rings. The third-order valence-electron chi connectivity index (χ3n) is 2.77. The van der Waals surface area contributed by atoms with Crippen LogP contribution in [0.2, 0.25) is 0 Å². The molecule has 0 heterocycles. The Morgan fingerprint density at radius 3 is 2.29 bits per heavy atom. The lowest BCUT2D eigenvalue weighted by Gasteiger charge is -2.14. The molecule has 0 aliphatic heterocycles. The minimum Gasteiger partial charge on any atom is -0.493 e. The second-order valence-electron chi connectivity index (χ2n) is 4.20. The molecular formula is C15H22N2O4. The maximum atomic E-state index is 11.8. The Balaban J connectivity index is 2.74. The van der Waals surface area contributed by atoms with Gasteiger partial charge in [0.15, 0.2) is 11.5 Å². The standard InChI is InChI=1S/C15H22N2O4/c1-5-7-16-8-6-14(18)17-11-9-12(19-2)15(21-4)13(10-11)20-3/h5,9-10,16H,1,6-8H2,2-4H3,(H,17,18). The quantitative estimate of drug-likeness (QED) is 0.537. The minimum absolute atomic E-state index is 0.0964. The molecule has 0 saturated heterocycles. The SMILES string of the molecule is C=CCNCCC(=O)Nc1cc(OC)c(OC)c(OC)c1. The van der Waals surface area contributed by atoms with Crippen LogP contribution in [0.1, 0.15) is 6.42 Å². The van der Waals surface area contributed by atoms with Crippen LogP contribution in [0.15, 0.2) is 24.8 Å². The number of methoxy groups -OCH3 is 3. The summed E-state index contributed by atoms with van der Waals surface area (Å²) in [5.41, 5.74) is 0.596. The molecule has 0 saturated carbocycles. The third-order valence-corrected chi connectivity index (χ3v) is 2.77. The Hall–Kier alpha value is -2.21. The first-order valence-electron chi connectivity index (χ1n) is 6.57. The zero-order valence-corrected chi connectivity index (χ0v) is 12.7. The van der Waals surface area contributed by atoms with Gasteiger partial charge in [-0.25, -0.2) is 0 Å². The second-order valence-corrected chi connectivity index (χ2v) is 4.20. The highest BCUT2D eigenvalue weighted by molar-refractivity contribution is 5.91. The smallest absolute Gasteiger partial charge is 0.225 e. The number of ether oxygens (including phenoxy) is 3. The molecule has 0 fully saturated rings. The van der Waals surface area contributed by atoms with Gasteiger partial charge in [0, 0.05) is 37.3 Å². The lowest BCUT2D eigenvalue weighted by atomic mass is 10.2. The number of amides is 1. The first-order valence-corrected chi connectivity index (χ1v) is 6.57. The van der Waals surface area contributed by atoms with Gasteiger partial charge in [-0.05, 0) is 0 Å². The number of benzene rings is 1. The lowest BCUT2D eigenvalue weighted by molar-refractivity contribution is -0.116. The molecule has 21 heavy (non-hydrogen) atoms. The molecule has 1 amide bonds. The highest BCUT2D eigenvalue weighted by Gasteiger charge is 2.14. The van der Waals surface area contributed by atoms with Crippen LogP contribution in [0.4, 0.5) is 5.69 Å². The second kappa shape index (κ2) is 8.86. The van der Waals surface area contributed by atoms with Crippen molar-refractivity contribution in [2.75, 3.05) is 39.7 Å². The van der Waals surface area contributed by atoms with E-state index in [1.165, 1.54) is 21.3 Å². The van der Waals surface area contributed by atoms with Crippen LogP contribution in [-0.2, 0) is 4.79 Å². The van der Waals surface area contributed by atoms with E-state index in [9.17, 15) is 4.79 Å². The molecule has 0 radical (unpaired) electrons. The van der Waals surface area contributed by atoms with Crippen LogP contribution < -0.4 is 24.8 Å². The van der Waals surface area contributed by atoms with Crippen molar-refractivity contribution in [2.24, 2.45) is 0 Å². The molecule has 0 unspecified atom stereocenters. The van der Waals surface area contributed by atoms with Gasteiger partial charge in [-0.1, -0.05) is 6.08 Å². The number of carbonyl (C=O) groups excluding carboxylic acids is 1. The highest BCUT2D eigenvalue weighted by Crippen LogP contribution is 2.39. The number of hydrogen-bond donors (Lipinski definition) is 2. The molecule has 1 aromatic carbocycles. The maximum absolute atomic E-state index is 11.8. The Kier molecular flexibility index (Phi) is 7.11. The normalized spacial score (nSPS) is 9.86. The maximum Gasteiger partial charge on any atom is 0.225 e. The molecule has 116 valence electrons. The predicted octanol–water partition coefficient (Wildman–Crippen LogP) is 1.82. The topological polar surface area (TPSA) is 68.8 Å². The fourth-order valence-corrected chi connectivity index (χ4v) is 1.78. The summed E-state index contributed by atoms with van der Waals surface area (Å²) < 4.78 is 15.7. The van der Waals surface area contributed by atoms with E-state index in [-0.39, 0.29) is 5.91 Å². The van der Waals surface area contributed by atoms with E-state index >= 15 is 0 Å². The largest absolute Gasteiger partial charge is 0.493 e. The number of carbonyl (C=O) groups is 1. The molecule has 0 aliphatic carbocycles. The highest BCUT2D eigenvalue weighted by atomic mass is 16.5. The molecule has 0 spiro atoms. The summed E-state index contributed by atoms with van der Waals surface area (Å²) in [5, 5.41) is 5.87. The number of anilines is 1. The van der Waals surface area contributed by atoms with Gasteiger partial charge in [0.2, 0.25) is 11.7 Å². The summed E-state index contributed by atoms with van der Waals surface area (Å²) in [4.78, 5) is 11.8. The molecule has 6 heteroatoms. The van der Waals surface area contributed by atoms with Gasteiger partial charge in [-0.3, -0.25) is 4.79 Å². The van der Waals surface area contributed by atoms with E-state index in [0.29, 0.717) is 42.4 Å². The van der Waals surface area contributed by atoms with Crippen molar-refractivity contribution in [3.05, 3.63) is 24.8 Å². The van der Waals surface area contributed by atoms with Crippen LogP contribution in [0.25, 0.3) is 0 Å². The molecule has 1 aromatic rings. The molecule has 1 rings (SSSR count). The van der Waals surface area contributed by atoms with Gasteiger partial charge in [-0.15, -0.1) is 6.58 Å². The number of rotatable bonds is 9. The van der Waals surface area contributed by atoms with Crippen molar-refractivity contribution in [3.63, 3.8) is 0 Å². The molecule has 0 aromatic heterocycles. The lowest BCUT2D eigenvalue weighted by Crippen LogP contribution is -2.21. The van der Waals surface area contributed by atoms with Crippen LogP contribution in [0.3, 0.4) is 0 Å². The van der Waals surface area contributed by atoms with E-state index in [0.717, 1.165) is 0 Å². The van der Waals surface area contributed by atoms with Gasteiger partial charge in [0.25, 0.3) is 0 Å². The zero-order chi connectivity index (χ0) is 15.7. The summed E-state index contributed by atoms with van der Waals surface area (Å²) in [5.74, 6) is 1.39. The van der Waals surface area contributed by atoms with Gasteiger partial charge < -0.3 is 24.8 Å². The average Bonchev–Trinajstić information content (AvgIpc) is 2.50. The first-order chi connectivity index (χ1) is 10.2. The van der Waals surface area contributed by atoms with Crippen LogP contribution in [0.5, 0.6) is 17.2 Å². The van der Waals surface area contributed by atoms with Crippen LogP contribution >= 0.6 is 0 Å². The zero-order valence-electron chi connectivity index (χ0n) is 12.7. The third kappa shape index (κ3) is 5.00. The minimum atomic E-state index is -0.0964. The Bertz CT molecular complexity index is 464. The van der Waals surface area contributed by atoms with Crippen LogP contribution in [-0.4, -0.2) is 40.3 Å². The van der Waals surface area contributed by atoms with E-state index in [2.05, 4.69) is 17.2 Å². The summed E-state index contributed by atoms with van der Waals surface area (Å²) in [6, 6.07) is 3.38. The molecule has 0 atom stereocenters. The van der Waals surface area contributed by atoms with Gasteiger partial charge in [0.05, 0.1) is 21.3 Å². The summed E-state index contributed by atoms with van der Waals surface area (Å²) in [6.07, 6.45) is 2.11.